The average Bonchev–Trinajstić information content (AvgIpc) is 2.82. The topological polar surface area (TPSA) is 103 Å². The van der Waals surface area contributed by atoms with Crippen LogP contribution in [0.3, 0.4) is 0 Å². The Morgan fingerprint density at radius 3 is 2.41 bits per heavy atom. The minimum atomic E-state index is -0.630. The fourth-order valence-corrected chi connectivity index (χ4v) is 3.74. The van der Waals surface area contributed by atoms with Crippen LogP contribution in [0.2, 0.25) is 0 Å². The van der Waals surface area contributed by atoms with Gasteiger partial charge in [-0.2, -0.15) is 0 Å². The summed E-state index contributed by atoms with van der Waals surface area (Å²) in [6.07, 6.45) is 4.63. The molecule has 1 aromatic carbocycles. The van der Waals surface area contributed by atoms with Crippen molar-refractivity contribution in [3.63, 3.8) is 0 Å². The fraction of sp³-hybridized carbons (Fsp3) is 0.417. The number of nitrogens with zero attached hydrogens (tertiary/aromatic N) is 2. The van der Waals surface area contributed by atoms with Crippen molar-refractivity contribution in [2.24, 2.45) is 11.8 Å². The number of likely N-dealkylation sites (tertiary alicyclic amines) is 1. The van der Waals surface area contributed by atoms with Crippen LogP contribution in [-0.2, 0) is 16.1 Å². The fourth-order valence-electron chi connectivity index (χ4n) is 3.74. The standard InChI is InChI=1S/C24H31N5O3/c1-17(2)21(28-24(32)27-20-8-4-3-5-9-20)23(31)29-13-10-19(11-14-29)22(30)26-16-18-7-6-12-25-15-18/h3-9,12,15,17,19,21H,10-11,13-14,16H2,1-2H3,(H,26,30)(H2,27,28,32). The van der Waals surface area contributed by atoms with E-state index < -0.39 is 12.1 Å². The number of carbonyl (C=O) groups excluding carboxylic acids is 3. The second kappa shape index (κ2) is 11.3. The number of carbonyl (C=O) groups is 3. The Morgan fingerprint density at radius 2 is 1.78 bits per heavy atom. The van der Waals surface area contributed by atoms with Crippen molar-refractivity contribution in [3.8, 4) is 0 Å². The highest BCUT2D eigenvalue weighted by Gasteiger charge is 2.33. The number of para-hydroxylation sites is 1. The number of benzene rings is 1. The van der Waals surface area contributed by atoms with Gasteiger partial charge in [0.25, 0.3) is 0 Å². The van der Waals surface area contributed by atoms with Crippen LogP contribution in [0.15, 0.2) is 54.9 Å². The summed E-state index contributed by atoms with van der Waals surface area (Å²) in [6.45, 7) is 5.25. The van der Waals surface area contributed by atoms with Gasteiger partial charge in [0.05, 0.1) is 0 Å². The van der Waals surface area contributed by atoms with Crippen LogP contribution in [0, 0.1) is 11.8 Å². The van der Waals surface area contributed by atoms with E-state index in [4.69, 9.17) is 0 Å². The lowest BCUT2D eigenvalue weighted by Crippen LogP contribution is -2.54. The molecule has 1 aromatic heterocycles. The Hall–Kier alpha value is -3.42. The number of aromatic nitrogens is 1. The molecule has 3 rings (SSSR count). The molecule has 2 aromatic rings. The summed E-state index contributed by atoms with van der Waals surface area (Å²) in [5, 5.41) is 8.52. The van der Waals surface area contributed by atoms with Crippen molar-refractivity contribution < 1.29 is 14.4 Å². The molecule has 3 N–H and O–H groups in total. The Balaban J connectivity index is 1.48. The predicted octanol–water partition coefficient (Wildman–Crippen LogP) is 2.78. The smallest absolute Gasteiger partial charge is 0.319 e. The van der Waals surface area contributed by atoms with E-state index in [1.807, 2.05) is 44.2 Å². The van der Waals surface area contributed by atoms with E-state index in [0.717, 1.165) is 5.56 Å². The van der Waals surface area contributed by atoms with E-state index in [9.17, 15) is 14.4 Å². The summed E-state index contributed by atoms with van der Waals surface area (Å²) in [5.74, 6) is -0.300. The van der Waals surface area contributed by atoms with Gasteiger partial charge in [-0.05, 0) is 42.5 Å². The first-order valence-electron chi connectivity index (χ1n) is 11.0. The molecule has 1 aliphatic rings. The minimum absolute atomic E-state index is 0.00160. The zero-order valence-electron chi connectivity index (χ0n) is 18.6. The molecule has 2 heterocycles. The number of anilines is 1. The molecule has 4 amide bonds. The summed E-state index contributed by atoms with van der Waals surface area (Å²) < 4.78 is 0. The molecule has 8 heteroatoms. The molecule has 1 saturated heterocycles. The van der Waals surface area contributed by atoms with Crippen LogP contribution in [0.25, 0.3) is 0 Å². The zero-order chi connectivity index (χ0) is 22.9. The molecular formula is C24H31N5O3. The van der Waals surface area contributed by atoms with Gasteiger partial charge in [0, 0.05) is 43.6 Å². The number of pyridine rings is 1. The molecule has 170 valence electrons. The molecule has 0 bridgehead atoms. The largest absolute Gasteiger partial charge is 0.352 e. The molecule has 1 aliphatic heterocycles. The summed E-state index contributed by atoms with van der Waals surface area (Å²) >= 11 is 0. The maximum absolute atomic E-state index is 13.1. The number of rotatable bonds is 7. The summed E-state index contributed by atoms with van der Waals surface area (Å²) in [4.78, 5) is 43.8. The molecule has 8 nitrogen and oxygen atoms in total. The molecule has 0 aliphatic carbocycles. The highest BCUT2D eigenvalue weighted by Crippen LogP contribution is 2.20. The molecule has 1 atom stereocenters. The van der Waals surface area contributed by atoms with E-state index in [-0.39, 0.29) is 23.7 Å². The van der Waals surface area contributed by atoms with E-state index in [1.54, 1.807) is 29.4 Å². The molecule has 1 fully saturated rings. The third-order valence-electron chi connectivity index (χ3n) is 5.62. The number of hydrogen-bond acceptors (Lipinski definition) is 4. The van der Waals surface area contributed by atoms with Gasteiger partial charge >= 0.3 is 6.03 Å². The van der Waals surface area contributed by atoms with Gasteiger partial charge in [-0.25, -0.2) is 4.79 Å². The van der Waals surface area contributed by atoms with Gasteiger partial charge in [0.15, 0.2) is 0 Å². The monoisotopic (exact) mass is 437 g/mol. The minimum Gasteiger partial charge on any atom is -0.352 e. The summed E-state index contributed by atoms with van der Waals surface area (Å²) in [5.41, 5.74) is 1.62. The number of urea groups is 1. The lowest BCUT2D eigenvalue weighted by molar-refractivity contribution is -0.138. The Labute approximate surface area is 188 Å². The Morgan fingerprint density at radius 1 is 1.06 bits per heavy atom. The maximum Gasteiger partial charge on any atom is 0.319 e. The highest BCUT2D eigenvalue weighted by molar-refractivity contribution is 5.94. The third kappa shape index (κ3) is 6.54. The average molecular weight is 438 g/mol. The van der Waals surface area contributed by atoms with Crippen LogP contribution in [0.4, 0.5) is 10.5 Å². The first-order chi connectivity index (χ1) is 15.4. The van der Waals surface area contributed by atoms with E-state index >= 15 is 0 Å². The van der Waals surface area contributed by atoms with Gasteiger partial charge in [-0.1, -0.05) is 38.1 Å². The molecule has 0 spiro atoms. The van der Waals surface area contributed by atoms with Crippen molar-refractivity contribution >= 4 is 23.5 Å². The van der Waals surface area contributed by atoms with Crippen LogP contribution < -0.4 is 16.0 Å². The van der Waals surface area contributed by atoms with Gasteiger partial charge in [0.2, 0.25) is 11.8 Å². The van der Waals surface area contributed by atoms with Gasteiger partial charge < -0.3 is 20.9 Å². The van der Waals surface area contributed by atoms with Crippen molar-refractivity contribution in [1.29, 1.82) is 0 Å². The quantitative estimate of drug-likeness (QED) is 0.620. The van der Waals surface area contributed by atoms with Crippen LogP contribution in [0.1, 0.15) is 32.3 Å². The second-order valence-electron chi connectivity index (χ2n) is 8.36. The Bertz CT molecular complexity index is 896. The first kappa shape index (κ1) is 23.2. The third-order valence-corrected chi connectivity index (χ3v) is 5.62. The van der Waals surface area contributed by atoms with Gasteiger partial charge in [-0.15, -0.1) is 0 Å². The predicted molar refractivity (Wildman–Crippen MR) is 123 cm³/mol. The highest BCUT2D eigenvalue weighted by atomic mass is 16.2. The van der Waals surface area contributed by atoms with Gasteiger partial charge in [0.1, 0.15) is 6.04 Å². The van der Waals surface area contributed by atoms with Crippen molar-refractivity contribution in [2.45, 2.75) is 39.3 Å². The van der Waals surface area contributed by atoms with Crippen LogP contribution in [-0.4, -0.2) is 46.9 Å². The number of piperidine rings is 1. The lowest BCUT2D eigenvalue weighted by atomic mass is 9.94. The molecule has 1 unspecified atom stereocenters. The van der Waals surface area contributed by atoms with Crippen molar-refractivity contribution in [1.82, 2.24) is 20.5 Å². The van der Waals surface area contributed by atoms with E-state index in [2.05, 4.69) is 20.9 Å². The molecule has 0 radical (unpaired) electrons. The Kier molecular flexibility index (Phi) is 8.19. The zero-order valence-corrected chi connectivity index (χ0v) is 18.6. The summed E-state index contributed by atoms with van der Waals surface area (Å²) in [6, 6.07) is 11.8. The van der Waals surface area contributed by atoms with Crippen molar-refractivity contribution in [2.75, 3.05) is 18.4 Å². The van der Waals surface area contributed by atoms with Crippen LogP contribution >= 0.6 is 0 Å². The van der Waals surface area contributed by atoms with E-state index in [1.165, 1.54) is 0 Å². The second-order valence-corrected chi connectivity index (χ2v) is 8.36. The SMILES string of the molecule is CC(C)C(NC(=O)Nc1ccccc1)C(=O)N1CCC(C(=O)NCc2cccnc2)CC1. The van der Waals surface area contributed by atoms with Gasteiger partial charge in [-0.3, -0.25) is 14.6 Å². The molecule has 0 saturated carbocycles. The number of nitrogens with one attached hydrogen (secondary N) is 3. The maximum atomic E-state index is 13.1. The number of hydrogen-bond donors (Lipinski definition) is 3. The lowest BCUT2D eigenvalue weighted by Gasteiger charge is -2.35. The first-order valence-corrected chi connectivity index (χ1v) is 11.0. The molecular weight excluding hydrogens is 406 g/mol. The normalized spacial score (nSPS) is 15.2. The summed E-state index contributed by atoms with van der Waals surface area (Å²) in [7, 11) is 0. The number of amides is 4. The van der Waals surface area contributed by atoms with Crippen LogP contribution in [0.5, 0.6) is 0 Å². The van der Waals surface area contributed by atoms with Crippen molar-refractivity contribution in [3.05, 3.63) is 60.4 Å². The van der Waals surface area contributed by atoms with E-state index in [0.29, 0.717) is 38.2 Å². The molecule has 32 heavy (non-hydrogen) atoms.